The fourth-order valence-electron chi connectivity index (χ4n) is 3.45. The normalized spacial score (nSPS) is 26.6. The number of rotatable bonds is 2. The molecule has 0 unspecified atom stereocenters. The molecule has 1 aromatic heterocycles. The molecule has 5 nitrogen and oxygen atoms in total. The lowest BCUT2D eigenvalue weighted by atomic mass is 9.58. The summed E-state index contributed by atoms with van der Waals surface area (Å²) in [6, 6.07) is 0.715. The molecule has 23 heavy (non-hydrogen) atoms. The predicted molar refractivity (Wildman–Crippen MR) is 73.6 cm³/mol. The zero-order chi connectivity index (χ0) is 16.7. The standard InChI is InChI=1S/C15H17F3N2O3/c16-15(17,18)10-8-19-4-1-9(10)13(22)20-11-7-12(21)14(11)2-5-23-6-3-14/h1,4,8,11-12,21H,2-3,5-7H2,(H,20,22)/t11-,12-/m1/s1. The van der Waals surface area contributed by atoms with Gasteiger partial charge in [-0.2, -0.15) is 13.2 Å². The van der Waals surface area contributed by atoms with Crippen molar-refractivity contribution in [3.8, 4) is 0 Å². The molecule has 2 fully saturated rings. The van der Waals surface area contributed by atoms with Gasteiger partial charge in [-0.1, -0.05) is 0 Å². The number of carbonyl (C=O) groups is 1. The van der Waals surface area contributed by atoms with Gasteiger partial charge in [-0.25, -0.2) is 0 Å². The van der Waals surface area contributed by atoms with Crippen molar-refractivity contribution >= 4 is 5.91 Å². The summed E-state index contributed by atoms with van der Waals surface area (Å²) in [6.07, 6.45) is -1.88. The number of hydrogen-bond acceptors (Lipinski definition) is 4. The van der Waals surface area contributed by atoms with Crippen LogP contribution in [0.3, 0.4) is 0 Å². The Morgan fingerprint density at radius 2 is 2.09 bits per heavy atom. The molecule has 0 bridgehead atoms. The van der Waals surface area contributed by atoms with Crippen LogP contribution in [0.15, 0.2) is 18.5 Å². The molecule has 1 aliphatic heterocycles. The first-order valence-electron chi connectivity index (χ1n) is 7.42. The number of hydrogen-bond donors (Lipinski definition) is 2. The average Bonchev–Trinajstić information content (AvgIpc) is 2.54. The van der Waals surface area contributed by atoms with Crippen LogP contribution in [0.2, 0.25) is 0 Å². The molecular formula is C15H17F3N2O3. The van der Waals surface area contributed by atoms with E-state index in [0.29, 0.717) is 38.7 Å². The van der Waals surface area contributed by atoms with Crippen molar-refractivity contribution < 1.29 is 27.8 Å². The summed E-state index contributed by atoms with van der Waals surface area (Å²) in [7, 11) is 0. The van der Waals surface area contributed by atoms with Gasteiger partial charge >= 0.3 is 6.18 Å². The Balaban J connectivity index is 1.78. The summed E-state index contributed by atoms with van der Waals surface area (Å²) in [5.41, 5.74) is -1.99. The molecule has 2 heterocycles. The van der Waals surface area contributed by atoms with E-state index in [1.807, 2.05) is 0 Å². The number of pyridine rings is 1. The molecule has 8 heteroatoms. The fourth-order valence-corrected chi connectivity index (χ4v) is 3.45. The number of nitrogens with zero attached hydrogens (tertiary/aromatic N) is 1. The first-order chi connectivity index (χ1) is 10.8. The van der Waals surface area contributed by atoms with E-state index >= 15 is 0 Å². The molecule has 0 aromatic carbocycles. The molecule has 0 radical (unpaired) electrons. The van der Waals surface area contributed by atoms with Crippen molar-refractivity contribution in [3.63, 3.8) is 0 Å². The maximum absolute atomic E-state index is 13.0. The number of amides is 1. The molecule has 1 aliphatic carbocycles. The van der Waals surface area contributed by atoms with Crippen molar-refractivity contribution in [2.24, 2.45) is 5.41 Å². The van der Waals surface area contributed by atoms with Crippen LogP contribution in [0, 0.1) is 5.41 Å². The van der Waals surface area contributed by atoms with E-state index < -0.39 is 34.7 Å². The molecule has 1 spiro atoms. The number of ether oxygens (including phenoxy) is 1. The van der Waals surface area contributed by atoms with Crippen LogP contribution in [-0.2, 0) is 10.9 Å². The summed E-state index contributed by atoms with van der Waals surface area (Å²) < 4.78 is 44.2. The zero-order valence-corrected chi connectivity index (χ0v) is 12.3. The van der Waals surface area contributed by atoms with E-state index in [9.17, 15) is 23.1 Å². The Hall–Kier alpha value is -1.67. The molecule has 1 amide bonds. The van der Waals surface area contributed by atoms with Crippen LogP contribution in [0.1, 0.15) is 35.2 Å². The van der Waals surface area contributed by atoms with Gasteiger partial charge in [0.2, 0.25) is 0 Å². The van der Waals surface area contributed by atoms with E-state index in [4.69, 9.17) is 4.74 Å². The Labute approximate surface area is 130 Å². The molecule has 2 N–H and O–H groups in total. The summed E-state index contributed by atoms with van der Waals surface area (Å²) in [4.78, 5) is 15.7. The van der Waals surface area contributed by atoms with E-state index in [1.54, 1.807) is 0 Å². The highest BCUT2D eigenvalue weighted by Crippen LogP contribution is 2.49. The third-order valence-electron chi connectivity index (χ3n) is 4.92. The minimum absolute atomic E-state index is 0.344. The van der Waals surface area contributed by atoms with Gasteiger partial charge in [-0.05, 0) is 25.3 Å². The van der Waals surface area contributed by atoms with Gasteiger partial charge < -0.3 is 15.2 Å². The lowest BCUT2D eigenvalue weighted by Gasteiger charge is -2.55. The van der Waals surface area contributed by atoms with Crippen LogP contribution in [-0.4, -0.2) is 41.4 Å². The lowest BCUT2D eigenvalue weighted by Crippen LogP contribution is -2.65. The second kappa shape index (κ2) is 5.76. The van der Waals surface area contributed by atoms with Crippen LogP contribution in [0.4, 0.5) is 13.2 Å². The molecular weight excluding hydrogens is 313 g/mol. The number of aliphatic hydroxyl groups is 1. The van der Waals surface area contributed by atoms with Crippen molar-refractivity contribution in [1.29, 1.82) is 0 Å². The van der Waals surface area contributed by atoms with Crippen molar-refractivity contribution in [1.82, 2.24) is 10.3 Å². The maximum atomic E-state index is 13.0. The van der Waals surface area contributed by atoms with E-state index in [1.165, 1.54) is 0 Å². The number of carbonyl (C=O) groups excluding carboxylic acids is 1. The van der Waals surface area contributed by atoms with Crippen LogP contribution in [0.25, 0.3) is 0 Å². The van der Waals surface area contributed by atoms with Crippen molar-refractivity contribution in [3.05, 3.63) is 29.6 Å². The highest BCUT2D eigenvalue weighted by atomic mass is 19.4. The predicted octanol–water partition coefficient (Wildman–Crippen LogP) is 1.76. The summed E-state index contributed by atoms with van der Waals surface area (Å²) in [5, 5.41) is 12.7. The first-order valence-corrected chi connectivity index (χ1v) is 7.42. The van der Waals surface area contributed by atoms with Gasteiger partial charge in [-0.15, -0.1) is 0 Å². The van der Waals surface area contributed by atoms with Gasteiger partial charge in [0.25, 0.3) is 5.91 Å². The van der Waals surface area contributed by atoms with Crippen LogP contribution >= 0.6 is 0 Å². The number of halogens is 3. The molecule has 126 valence electrons. The monoisotopic (exact) mass is 330 g/mol. The SMILES string of the molecule is O=C(N[C@@H]1C[C@@H](O)C12CCOCC2)c1ccncc1C(F)(F)F. The van der Waals surface area contributed by atoms with Crippen molar-refractivity contribution in [2.75, 3.05) is 13.2 Å². The summed E-state index contributed by atoms with van der Waals surface area (Å²) >= 11 is 0. The van der Waals surface area contributed by atoms with Crippen molar-refractivity contribution in [2.45, 2.75) is 37.6 Å². The second-order valence-corrected chi connectivity index (χ2v) is 6.04. The minimum atomic E-state index is -4.64. The Kier molecular flexibility index (Phi) is 4.05. The van der Waals surface area contributed by atoms with Gasteiger partial charge in [0.1, 0.15) is 0 Å². The maximum Gasteiger partial charge on any atom is 0.418 e. The molecule has 1 saturated heterocycles. The average molecular weight is 330 g/mol. The van der Waals surface area contributed by atoms with Gasteiger partial charge in [-0.3, -0.25) is 9.78 Å². The van der Waals surface area contributed by atoms with Gasteiger partial charge in [0, 0.05) is 37.1 Å². The first kappa shape index (κ1) is 16.2. The highest BCUT2D eigenvalue weighted by molar-refractivity contribution is 5.96. The van der Waals surface area contributed by atoms with Crippen LogP contribution < -0.4 is 5.32 Å². The Morgan fingerprint density at radius 1 is 1.39 bits per heavy atom. The van der Waals surface area contributed by atoms with Crippen LogP contribution in [0.5, 0.6) is 0 Å². The number of alkyl halides is 3. The van der Waals surface area contributed by atoms with E-state index in [2.05, 4.69) is 10.3 Å². The highest BCUT2D eigenvalue weighted by Gasteiger charge is 2.55. The van der Waals surface area contributed by atoms with Gasteiger partial charge in [0.05, 0.1) is 17.2 Å². The quantitative estimate of drug-likeness (QED) is 0.867. The lowest BCUT2D eigenvalue weighted by molar-refractivity contribution is -0.146. The molecule has 1 saturated carbocycles. The smallest absolute Gasteiger partial charge is 0.392 e. The largest absolute Gasteiger partial charge is 0.418 e. The number of aliphatic hydroxyl groups excluding tert-OH is 1. The summed E-state index contributed by atoms with van der Waals surface area (Å²) in [6.45, 7) is 0.957. The molecule has 1 aromatic rings. The fraction of sp³-hybridized carbons (Fsp3) is 0.600. The third-order valence-corrected chi connectivity index (χ3v) is 4.92. The number of aromatic nitrogens is 1. The minimum Gasteiger partial charge on any atom is -0.392 e. The zero-order valence-electron chi connectivity index (χ0n) is 12.3. The van der Waals surface area contributed by atoms with Gasteiger partial charge in [0.15, 0.2) is 0 Å². The Morgan fingerprint density at radius 3 is 2.70 bits per heavy atom. The topological polar surface area (TPSA) is 71.5 Å². The molecule has 3 rings (SSSR count). The molecule has 2 aliphatic rings. The molecule has 2 atom stereocenters. The number of nitrogens with one attached hydrogen (secondary N) is 1. The third kappa shape index (κ3) is 2.81. The summed E-state index contributed by atoms with van der Waals surface area (Å²) in [5.74, 6) is -0.789. The Bertz CT molecular complexity index is 600. The van der Waals surface area contributed by atoms with E-state index in [0.717, 1.165) is 12.3 Å². The second-order valence-electron chi connectivity index (χ2n) is 6.04. The van der Waals surface area contributed by atoms with E-state index in [-0.39, 0.29) is 6.04 Å².